The van der Waals surface area contributed by atoms with Gasteiger partial charge in [-0.05, 0) is 26.2 Å². The second kappa shape index (κ2) is 13.1. The van der Waals surface area contributed by atoms with Crippen LogP contribution in [0.2, 0.25) is 0 Å². The number of aromatic nitrogens is 1. The number of piperidine rings is 1. The minimum Gasteiger partial charge on any atom is -0.497 e. The first kappa shape index (κ1) is 26.5. The van der Waals surface area contributed by atoms with Crippen LogP contribution in [0, 0.1) is 6.92 Å². The average Bonchev–Trinajstić information content (AvgIpc) is 3.17. The number of hydrogen-bond donors (Lipinski definition) is 2. The highest BCUT2D eigenvalue weighted by Gasteiger charge is 2.21. The van der Waals surface area contributed by atoms with Crippen molar-refractivity contribution in [3.05, 3.63) is 33.8 Å². The Balaban J connectivity index is 0.00000363. The lowest BCUT2D eigenvalue weighted by atomic mass is 10.0. The fraction of sp³-hybridized carbons (Fsp3) is 0.565. The van der Waals surface area contributed by atoms with Crippen LogP contribution in [0.1, 0.15) is 35.3 Å². The molecule has 0 saturated carbocycles. The summed E-state index contributed by atoms with van der Waals surface area (Å²) in [4.78, 5) is 12.8. The Morgan fingerprint density at radius 1 is 1.19 bits per heavy atom. The van der Waals surface area contributed by atoms with E-state index < -0.39 is 0 Å². The summed E-state index contributed by atoms with van der Waals surface area (Å²) in [7, 11) is 5.20. The number of benzene rings is 1. The first-order chi connectivity index (χ1) is 15.1. The molecule has 0 aliphatic carbocycles. The number of aliphatic imine (C=N–C) groups is 1. The van der Waals surface area contributed by atoms with Gasteiger partial charge in [-0.1, -0.05) is 6.92 Å². The Kier molecular flexibility index (Phi) is 10.8. The number of nitrogens with zero attached hydrogens (tertiary/aromatic N) is 3. The summed E-state index contributed by atoms with van der Waals surface area (Å²) in [5.74, 6) is 2.51. The smallest absolute Gasteiger partial charge is 0.191 e. The number of aryl methyl sites for hydroxylation is 2. The number of thiazole rings is 1. The minimum absolute atomic E-state index is 0. The predicted molar refractivity (Wildman–Crippen MR) is 145 cm³/mol. The maximum absolute atomic E-state index is 5.41. The SMILES string of the molecule is CCc1nc(CCNC(=NC)NC2CCN(c3cc(OC)cc(OC)c3)CC2)sc1C.I. The van der Waals surface area contributed by atoms with Crippen molar-refractivity contribution in [1.29, 1.82) is 0 Å². The third kappa shape index (κ3) is 7.13. The lowest BCUT2D eigenvalue weighted by molar-refractivity contribution is 0.393. The molecule has 2 aromatic rings. The van der Waals surface area contributed by atoms with Crippen LogP contribution in [-0.2, 0) is 12.8 Å². The lowest BCUT2D eigenvalue weighted by Crippen LogP contribution is -2.49. The van der Waals surface area contributed by atoms with Gasteiger partial charge < -0.3 is 25.0 Å². The molecule has 1 aromatic heterocycles. The van der Waals surface area contributed by atoms with Crippen molar-refractivity contribution in [2.45, 2.75) is 45.6 Å². The molecule has 1 aromatic carbocycles. The molecule has 7 nitrogen and oxygen atoms in total. The molecule has 3 rings (SSSR count). The van der Waals surface area contributed by atoms with Crippen LogP contribution in [0.5, 0.6) is 11.5 Å². The van der Waals surface area contributed by atoms with E-state index in [9.17, 15) is 0 Å². The van der Waals surface area contributed by atoms with E-state index in [1.807, 2.05) is 13.1 Å². The Labute approximate surface area is 213 Å². The number of ether oxygens (including phenoxy) is 2. The van der Waals surface area contributed by atoms with Crippen molar-refractivity contribution in [3.63, 3.8) is 0 Å². The molecule has 178 valence electrons. The van der Waals surface area contributed by atoms with Crippen LogP contribution < -0.4 is 25.0 Å². The maximum Gasteiger partial charge on any atom is 0.191 e. The molecule has 0 amide bonds. The van der Waals surface area contributed by atoms with E-state index in [4.69, 9.17) is 14.5 Å². The molecule has 1 aliphatic rings. The summed E-state index contributed by atoms with van der Waals surface area (Å²) in [5, 5.41) is 8.22. The van der Waals surface area contributed by atoms with E-state index in [2.05, 4.69) is 46.5 Å². The molecule has 0 spiro atoms. The van der Waals surface area contributed by atoms with E-state index in [-0.39, 0.29) is 24.0 Å². The summed E-state index contributed by atoms with van der Waals surface area (Å²) >= 11 is 1.80. The summed E-state index contributed by atoms with van der Waals surface area (Å²) in [6, 6.07) is 6.45. The summed E-state index contributed by atoms with van der Waals surface area (Å²) < 4.78 is 10.8. The molecule has 2 heterocycles. The van der Waals surface area contributed by atoms with Gasteiger partial charge >= 0.3 is 0 Å². The van der Waals surface area contributed by atoms with Gasteiger partial charge in [-0.2, -0.15) is 0 Å². The molecule has 1 fully saturated rings. The van der Waals surface area contributed by atoms with Gasteiger partial charge in [0.1, 0.15) is 11.5 Å². The average molecular weight is 574 g/mol. The van der Waals surface area contributed by atoms with Crippen molar-refractivity contribution < 1.29 is 9.47 Å². The molecule has 9 heteroatoms. The highest BCUT2D eigenvalue weighted by atomic mass is 127. The molecule has 0 radical (unpaired) electrons. The normalized spacial score (nSPS) is 14.7. The maximum atomic E-state index is 5.41. The Morgan fingerprint density at radius 3 is 2.38 bits per heavy atom. The molecule has 1 saturated heterocycles. The molecular weight excluding hydrogens is 537 g/mol. The minimum atomic E-state index is 0. The standard InChI is InChI=1S/C23H35N5O2S.HI/c1-6-21-16(2)31-22(27-21)7-10-25-23(24-3)26-17-8-11-28(12-9-17)18-13-19(29-4)15-20(14-18)30-5;/h13-15,17H,6-12H2,1-5H3,(H2,24,25,26);1H. The fourth-order valence-electron chi connectivity index (χ4n) is 3.86. The second-order valence-corrected chi connectivity index (χ2v) is 8.98. The predicted octanol–water partition coefficient (Wildman–Crippen LogP) is 4.03. The zero-order valence-corrected chi connectivity index (χ0v) is 22.9. The van der Waals surface area contributed by atoms with E-state index in [1.165, 1.54) is 15.6 Å². The van der Waals surface area contributed by atoms with E-state index in [0.717, 1.165) is 68.5 Å². The Hall–Kier alpha value is -1.75. The molecule has 1 aliphatic heterocycles. The van der Waals surface area contributed by atoms with Gasteiger partial charge in [-0.3, -0.25) is 4.99 Å². The number of anilines is 1. The highest BCUT2D eigenvalue weighted by molar-refractivity contribution is 14.0. The molecule has 0 bridgehead atoms. The summed E-state index contributed by atoms with van der Waals surface area (Å²) in [6.07, 6.45) is 4.01. The summed E-state index contributed by atoms with van der Waals surface area (Å²) in [6.45, 7) is 7.10. The molecule has 2 N–H and O–H groups in total. The van der Waals surface area contributed by atoms with Crippen LogP contribution >= 0.6 is 35.3 Å². The number of methoxy groups -OCH3 is 2. The third-order valence-corrected chi connectivity index (χ3v) is 6.74. The number of halogens is 1. The molecular formula is C23H36IN5O2S. The van der Waals surface area contributed by atoms with Crippen molar-refractivity contribution in [2.75, 3.05) is 45.8 Å². The Morgan fingerprint density at radius 2 is 1.84 bits per heavy atom. The third-order valence-electron chi connectivity index (χ3n) is 5.66. The molecule has 0 atom stereocenters. The first-order valence-corrected chi connectivity index (χ1v) is 11.8. The van der Waals surface area contributed by atoms with Gasteiger partial charge in [0.05, 0.1) is 24.9 Å². The van der Waals surface area contributed by atoms with Crippen molar-refractivity contribution in [3.8, 4) is 11.5 Å². The molecule has 0 unspecified atom stereocenters. The van der Waals surface area contributed by atoms with Crippen LogP contribution in [0.3, 0.4) is 0 Å². The van der Waals surface area contributed by atoms with Gasteiger partial charge in [0.25, 0.3) is 0 Å². The number of rotatable bonds is 8. The number of nitrogens with one attached hydrogen (secondary N) is 2. The van der Waals surface area contributed by atoms with Crippen LogP contribution in [0.15, 0.2) is 23.2 Å². The lowest BCUT2D eigenvalue weighted by Gasteiger charge is -2.34. The van der Waals surface area contributed by atoms with Crippen LogP contribution in [0.4, 0.5) is 5.69 Å². The monoisotopic (exact) mass is 573 g/mol. The van der Waals surface area contributed by atoms with Crippen molar-refractivity contribution >= 4 is 47.0 Å². The van der Waals surface area contributed by atoms with Gasteiger partial charge in [0.15, 0.2) is 5.96 Å². The summed E-state index contributed by atoms with van der Waals surface area (Å²) in [5.41, 5.74) is 2.37. The fourth-order valence-corrected chi connectivity index (χ4v) is 4.88. The van der Waals surface area contributed by atoms with Crippen LogP contribution in [-0.4, -0.2) is 57.9 Å². The van der Waals surface area contributed by atoms with E-state index in [1.54, 1.807) is 25.6 Å². The van der Waals surface area contributed by atoms with Crippen molar-refractivity contribution in [1.82, 2.24) is 15.6 Å². The topological polar surface area (TPSA) is 71.0 Å². The van der Waals surface area contributed by atoms with Gasteiger partial charge in [-0.25, -0.2) is 4.98 Å². The van der Waals surface area contributed by atoms with E-state index in [0.29, 0.717) is 6.04 Å². The largest absolute Gasteiger partial charge is 0.497 e. The van der Waals surface area contributed by atoms with Crippen LogP contribution in [0.25, 0.3) is 0 Å². The second-order valence-electron chi connectivity index (χ2n) is 7.69. The van der Waals surface area contributed by atoms with E-state index >= 15 is 0 Å². The zero-order chi connectivity index (χ0) is 22.2. The number of guanidine groups is 1. The number of hydrogen-bond acceptors (Lipinski definition) is 6. The van der Waals surface area contributed by atoms with Gasteiger partial charge in [-0.15, -0.1) is 35.3 Å². The van der Waals surface area contributed by atoms with Gasteiger partial charge in [0, 0.05) is 67.9 Å². The molecule has 32 heavy (non-hydrogen) atoms. The van der Waals surface area contributed by atoms with Gasteiger partial charge in [0.2, 0.25) is 0 Å². The Bertz CT molecular complexity index is 859. The first-order valence-electron chi connectivity index (χ1n) is 11.0. The highest BCUT2D eigenvalue weighted by Crippen LogP contribution is 2.30. The quantitative estimate of drug-likeness (QED) is 0.283. The van der Waals surface area contributed by atoms with Crippen molar-refractivity contribution in [2.24, 2.45) is 4.99 Å². The zero-order valence-electron chi connectivity index (χ0n) is 19.7.